The van der Waals surface area contributed by atoms with Gasteiger partial charge >= 0.3 is 0 Å². The van der Waals surface area contributed by atoms with E-state index in [0.717, 1.165) is 25.3 Å². The molecule has 0 radical (unpaired) electrons. The van der Waals surface area contributed by atoms with E-state index >= 15 is 0 Å². The van der Waals surface area contributed by atoms with Crippen LogP contribution in [0.1, 0.15) is 26.7 Å². The van der Waals surface area contributed by atoms with E-state index in [9.17, 15) is 0 Å². The summed E-state index contributed by atoms with van der Waals surface area (Å²) in [7, 11) is 2.16. The molecule has 0 saturated heterocycles. The van der Waals surface area contributed by atoms with E-state index in [-0.39, 0.29) is 0 Å². The van der Waals surface area contributed by atoms with E-state index in [1.807, 2.05) is 6.26 Å². The maximum Gasteiger partial charge on any atom is 0.190 e. The Labute approximate surface area is 125 Å². The predicted molar refractivity (Wildman–Crippen MR) is 84.3 cm³/mol. The van der Waals surface area contributed by atoms with Gasteiger partial charge in [0.2, 0.25) is 0 Å². The first-order chi connectivity index (χ1) is 9.02. The number of unbranched alkanes of at least 4 members (excludes halogenated alkanes) is 1. The summed E-state index contributed by atoms with van der Waals surface area (Å²) in [5, 5.41) is 4.49. The molecule has 1 N–H and O–H groups in total. The standard InChI is InChI=1S/C13H23ClN4S/c1-10(2)18(3)8-6-5-7-15-12-9-11(14)16-13(17-12)19-4/h9-10H,5-8H2,1-4H3,(H,15,16,17). The number of thioether (sulfide) groups is 1. The van der Waals surface area contributed by atoms with Crippen molar-refractivity contribution in [3.05, 3.63) is 11.2 Å². The van der Waals surface area contributed by atoms with Gasteiger partial charge in [0.1, 0.15) is 11.0 Å². The van der Waals surface area contributed by atoms with Gasteiger partial charge in [0.15, 0.2) is 5.16 Å². The fraction of sp³-hybridized carbons (Fsp3) is 0.692. The Hall–Kier alpha value is -0.520. The normalized spacial score (nSPS) is 11.3. The topological polar surface area (TPSA) is 41.1 Å². The molecular formula is C13H23ClN4S. The third-order valence-electron chi connectivity index (χ3n) is 2.98. The molecule has 0 fully saturated rings. The first-order valence-corrected chi connectivity index (χ1v) is 8.16. The van der Waals surface area contributed by atoms with Crippen molar-refractivity contribution in [1.82, 2.24) is 14.9 Å². The number of nitrogens with zero attached hydrogens (tertiary/aromatic N) is 3. The van der Waals surface area contributed by atoms with Gasteiger partial charge in [-0.25, -0.2) is 9.97 Å². The molecule has 1 aromatic heterocycles. The van der Waals surface area contributed by atoms with Crippen LogP contribution in [0.5, 0.6) is 0 Å². The second-order valence-electron chi connectivity index (χ2n) is 4.77. The van der Waals surface area contributed by atoms with Crippen LogP contribution in [0, 0.1) is 0 Å². The zero-order valence-corrected chi connectivity index (χ0v) is 13.7. The average Bonchev–Trinajstić information content (AvgIpc) is 2.37. The van der Waals surface area contributed by atoms with Crippen LogP contribution in [-0.2, 0) is 0 Å². The molecule has 6 heteroatoms. The highest BCUT2D eigenvalue weighted by molar-refractivity contribution is 7.98. The van der Waals surface area contributed by atoms with Gasteiger partial charge in [-0.05, 0) is 46.5 Å². The third-order valence-corrected chi connectivity index (χ3v) is 3.72. The van der Waals surface area contributed by atoms with E-state index in [4.69, 9.17) is 11.6 Å². The van der Waals surface area contributed by atoms with Gasteiger partial charge in [-0.2, -0.15) is 0 Å². The van der Waals surface area contributed by atoms with Crippen molar-refractivity contribution in [2.45, 2.75) is 37.9 Å². The molecule has 0 bridgehead atoms. The molecule has 0 atom stereocenters. The van der Waals surface area contributed by atoms with Gasteiger partial charge in [-0.1, -0.05) is 23.4 Å². The lowest BCUT2D eigenvalue weighted by molar-refractivity contribution is 0.269. The van der Waals surface area contributed by atoms with Crippen molar-refractivity contribution in [2.24, 2.45) is 0 Å². The predicted octanol–water partition coefficient (Wildman–Crippen LogP) is 3.38. The van der Waals surface area contributed by atoms with E-state index in [2.05, 4.69) is 41.1 Å². The smallest absolute Gasteiger partial charge is 0.190 e. The molecule has 0 amide bonds. The molecule has 0 aliphatic heterocycles. The maximum absolute atomic E-state index is 5.93. The fourth-order valence-corrected chi connectivity index (χ4v) is 2.15. The minimum Gasteiger partial charge on any atom is -0.370 e. The molecule has 19 heavy (non-hydrogen) atoms. The van der Waals surface area contributed by atoms with Gasteiger partial charge in [0.25, 0.3) is 0 Å². The summed E-state index contributed by atoms with van der Waals surface area (Å²) in [5.41, 5.74) is 0. The molecule has 0 unspecified atom stereocenters. The van der Waals surface area contributed by atoms with Gasteiger partial charge < -0.3 is 10.2 Å². The first-order valence-electron chi connectivity index (χ1n) is 6.55. The Bertz CT molecular complexity index is 387. The van der Waals surface area contributed by atoms with Crippen LogP contribution < -0.4 is 5.32 Å². The average molecular weight is 303 g/mol. The van der Waals surface area contributed by atoms with Crippen LogP contribution in [-0.4, -0.2) is 47.3 Å². The molecule has 0 spiro atoms. The molecule has 0 aliphatic carbocycles. The number of hydrogen-bond donors (Lipinski definition) is 1. The van der Waals surface area contributed by atoms with Gasteiger partial charge in [-0.3, -0.25) is 0 Å². The third kappa shape index (κ3) is 6.45. The number of nitrogens with one attached hydrogen (secondary N) is 1. The molecule has 4 nitrogen and oxygen atoms in total. The number of halogens is 1. The van der Waals surface area contributed by atoms with Crippen molar-refractivity contribution < 1.29 is 0 Å². The fourth-order valence-electron chi connectivity index (χ4n) is 1.54. The lowest BCUT2D eigenvalue weighted by Gasteiger charge is -2.20. The van der Waals surface area contributed by atoms with E-state index in [0.29, 0.717) is 16.4 Å². The van der Waals surface area contributed by atoms with Gasteiger partial charge in [0, 0.05) is 18.7 Å². The number of rotatable bonds is 8. The Morgan fingerprint density at radius 1 is 1.37 bits per heavy atom. The van der Waals surface area contributed by atoms with E-state index < -0.39 is 0 Å². The quantitative estimate of drug-likeness (QED) is 0.345. The SMILES string of the molecule is CSc1nc(Cl)cc(NCCCCN(C)C(C)C)n1. The minimum atomic E-state index is 0.487. The summed E-state index contributed by atoms with van der Waals surface area (Å²) in [6, 6.07) is 2.37. The minimum absolute atomic E-state index is 0.487. The van der Waals surface area contributed by atoms with Crippen molar-refractivity contribution in [2.75, 3.05) is 31.7 Å². The highest BCUT2D eigenvalue weighted by Gasteiger charge is 2.03. The van der Waals surface area contributed by atoms with Crippen molar-refractivity contribution in [3.8, 4) is 0 Å². The number of aromatic nitrogens is 2. The molecule has 108 valence electrons. The lowest BCUT2D eigenvalue weighted by Crippen LogP contribution is -2.27. The zero-order chi connectivity index (χ0) is 14.3. The van der Waals surface area contributed by atoms with Crippen LogP contribution in [0.3, 0.4) is 0 Å². The van der Waals surface area contributed by atoms with Crippen molar-refractivity contribution >= 4 is 29.2 Å². The van der Waals surface area contributed by atoms with E-state index in [1.165, 1.54) is 18.2 Å². The largest absolute Gasteiger partial charge is 0.370 e. The second-order valence-corrected chi connectivity index (χ2v) is 5.93. The van der Waals surface area contributed by atoms with Crippen LogP contribution in [0.2, 0.25) is 5.15 Å². The summed E-state index contributed by atoms with van der Waals surface area (Å²) >= 11 is 7.43. The van der Waals surface area contributed by atoms with Crippen LogP contribution in [0.4, 0.5) is 5.82 Å². The molecule has 1 heterocycles. The molecule has 0 aromatic carbocycles. The highest BCUT2D eigenvalue weighted by Crippen LogP contribution is 2.17. The Morgan fingerprint density at radius 3 is 2.74 bits per heavy atom. The summed E-state index contributed by atoms with van der Waals surface area (Å²) < 4.78 is 0. The van der Waals surface area contributed by atoms with Gasteiger partial charge in [-0.15, -0.1) is 0 Å². The number of anilines is 1. The van der Waals surface area contributed by atoms with Crippen LogP contribution >= 0.6 is 23.4 Å². The molecular weight excluding hydrogens is 280 g/mol. The van der Waals surface area contributed by atoms with Crippen molar-refractivity contribution in [1.29, 1.82) is 0 Å². The van der Waals surface area contributed by atoms with Crippen LogP contribution in [0.25, 0.3) is 0 Å². The lowest BCUT2D eigenvalue weighted by atomic mass is 10.2. The Balaban J connectivity index is 2.28. The summed E-state index contributed by atoms with van der Waals surface area (Å²) in [5.74, 6) is 0.807. The molecule has 1 rings (SSSR count). The monoisotopic (exact) mass is 302 g/mol. The maximum atomic E-state index is 5.93. The Kier molecular flexibility index (Phi) is 7.49. The van der Waals surface area contributed by atoms with Crippen molar-refractivity contribution in [3.63, 3.8) is 0 Å². The van der Waals surface area contributed by atoms with Crippen LogP contribution in [0.15, 0.2) is 11.2 Å². The molecule has 0 saturated carbocycles. The summed E-state index contributed by atoms with van der Waals surface area (Å²) in [6.45, 7) is 6.46. The van der Waals surface area contributed by atoms with Gasteiger partial charge in [0.05, 0.1) is 0 Å². The Morgan fingerprint density at radius 2 is 2.11 bits per heavy atom. The van der Waals surface area contributed by atoms with E-state index in [1.54, 1.807) is 6.07 Å². The summed E-state index contributed by atoms with van der Waals surface area (Å²) in [6.07, 6.45) is 4.24. The highest BCUT2D eigenvalue weighted by atomic mass is 35.5. The molecule has 0 aliphatic rings. The zero-order valence-electron chi connectivity index (χ0n) is 12.1. The second kappa shape index (κ2) is 8.61. The first kappa shape index (κ1) is 16.5. The number of hydrogen-bond acceptors (Lipinski definition) is 5. The molecule has 1 aromatic rings. The summed E-state index contributed by atoms with van der Waals surface area (Å²) in [4.78, 5) is 10.8.